The number of aromatic nitrogens is 1. The fourth-order valence-corrected chi connectivity index (χ4v) is 2.24. The summed E-state index contributed by atoms with van der Waals surface area (Å²) < 4.78 is 5.42. The molecule has 1 aliphatic heterocycles. The van der Waals surface area contributed by atoms with Gasteiger partial charge in [0, 0.05) is 0 Å². The third kappa shape index (κ3) is 3.70. The van der Waals surface area contributed by atoms with Gasteiger partial charge < -0.3 is 15.1 Å². The largest absolute Gasteiger partial charge is 0.444 e. The second-order valence-corrected chi connectivity index (χ2v) is 5.22. The molecule has 5 nitrogen and oxygen atoms in total. The second kappa shape index (κ2) is 6.39. The molecule has 2 N–H and O–H groups in total. The van der Waals surface area contributed by atoms with Gasteiger partial charge in [-0.3, -0.25) is 4.79 Å². The first-order chi connectivity index (χ1) is 8.51. The van der Waals surface area contributed by atoms with Crippen LogP contribution >= 0.6 is 12.4 Å². The molecule has 1 aliphatic rings. The monoisotopic (exact) mass is 287 g/mol. The number of oxazole rings is 1. The van der Waals surface area contributed by atoms with Gasteiger partial charge in [0.05, 0.1) is 11.7 Å². The number of aryl methyl sites for hydroxylation is 1. The van der Waals surface area contributed by atoms with Crippen LogP contribution in [-0.4, -0.2) is 23.0 Å². The highest BCUT2D eigenvalue weighted by molar-refractivity contribution is 5.86. The molecule has 0 saturated carbocycles. The Morgan fingerprint density at radius 2 is 2.32 bits per heavy atom. The third-order valence-corrected chi connectivity index (χ3v) is 3.48. The molecule has 0 radical (unpaired) electrons. The summed E-state index contributed by atoms with van der Waals surface area (Å²) in [4.78, 5) is 16.4. The van der Waals surface area contributed by atoms with Crippen LogP contribution in [0.25, 0.3) is 0 Å². The van der Waals surface area contributed by atoms with Crippen LogP contribution < -0.4 is 10.6 Å². The molecule has 0 aliphatic carbocycles. The molecule has 19 heavy (non-hydrogen) atoms. The number of carbonyl (C=O) groups excluding carboxylic acids is 1. The minimum Gasteiger partial charge on any atom is -0.444 e. The molecule has 1 saturated heterocycles. The van der Waals surface area contributed by atoms with Crippen LogP contribution in [0.3, 0.4) is 0 Å². The van der Waals surface area contributed by atoms with Gasteiger partial charge in [0.2, 0.25) is 11.8 Å². The Morgan fingerprint density at radius 1 is 1.58 bits per heavy atom. The van der Waals surface area contributed by atoms with Gasteiger partial charge in [-0.2, -0.15) is 0 Å². The van der Waals surface area contributed by atoms with E-state index in [1.807, 2.05) is 20.8 Å². The van der Waals surface area contributed by atoms with E-state index in [1.165, 1.54) is 0 Å². The van der Waals surface area contributed by atoms with Crippen molar-refractivity contribution in [2.24, 2.45) is 0 Å². The Morgan fingerprint density at radius 3 is 2.84 bits per heavy atom. The number of hydrogen-bond donors (Lipinski definition) is 2. The van der Waals surface area contributed by atoms with Crippen LogP contribution in [0.4, 0.5) is 0 Å². The first kappa shape index (κ1) is 16.0. The second-order valence-electron chi connectivity index (χ2n) is 5.22. The highest BCUT2D eigenvalue weighted by Gasteiger charge is 2.35. The Balaban J connectivity index is 0.00000180. The van der Waals surface area contributed by atoms with E-state index in [-0.39, 0.29) is 24.4 Å². The van der Waals surface area contributed by atoms with Crippen molar-refractivity contribution in [3.63, 3.8) is 0 Å². The highest BCUT2D eigenvalue weighted by atomic mass is 35.5. The fourth-order valence-electron chi connectivity index (χ4n) is 2.24. The van der Waals surface area contributed by atoms with Gasteiger partial charge in [0.15, 0.2) is 0 Å². The summed E-state index contributed by atoms with van der Waals surface area (Å²) in [6.45, 7) is 6.58. The van der Waals surface area contributed by atoms with Crippen molar-refractivity contribution in [3.05, 3.63) is 17.8 Å². The molecule has 108 valence electrons. The van der Waals surface area contributed by atoms with Gasteiger partial charge in [-0.05, 0) is 46.6 Å². The van der Waals surface area contributed by atoms with E-state index < -0.39 is 5.54 Å². The quantitative estimate of drug-likeness (QED) is 0.893. The van der Waals surface area contributed by atoms with E-state index in [9.17, 15) is 4.79 Å². The van der Waals surface area contributed by atoms with Crippen LogP contribution in [0, 0.1) is 6.92 Å². The molecule has 1 fully saturated rings. The van der Waals surface area contributed by atoms with Gasteiger partial charge in [0.25, 0.3) is 0 Å². The molecule has 0 bridgehead atoms. The highest BCUT2D eigenvalue weighted by Crippen LogP contribution is 2.20. The molecular weight excluding hydrogens is 266 g/mol. The number of rotatable bonds is 3. The van der Waals surface area contributed by atoms with Crippen molar-refractivity contribution in [1.82, 2.24) is 15.6 Å². The zero-order valence-corrected chi connectivity index (χ0v) is 12.5. The molecule has 2 unspecified atom stereocenters. The minimum atomic E-state index is -0.464. The predicted molar refractivity (Wildman–Crippen MR) is 75.3 cm³/mol. The number of halogens is 1. The summed E-state index contributed by atoms with van der Waals surface area (Å²) in [5.41, 5.74) is -0.464. The van der Waals surface area contributed by atoms with Crippen LogP contribution in [-0.2, 0) is 4.79 Å². The molecule has 2 rings (SSSR count). The Bertz CT molecular complexity index is 427. The fraction of sp³-hybridized carbons (Fsp3) is 0.692. The van der Waals surface area contributed by atoms with E-state index >= 15 is 0 Å². The minimum absolute atomic E-state index is 0. The van der Waals surface area contributed by atoms with E-state index in [4.69, 9.17) is 4.42 Å². The molecule has 2 heterocycles. The molecule has 6 heteroatoms. The number of amides is 1. The molecule has 0 aromatic carbocycles. The van der Waals surface area contributed by atoms with E-state index in [1.54, 1.807) is 6.20 Å². The Labute approximate surface area is 120 Å². The first-order valence-corrected chi connectivity index (χ1v) is 6.49. The van der Waals surface area contributed by atoms with Crippen molar-refractivity contribution in [1.29, 1.82) is 0 Å². The van der Waals surface area contributed by atoms with Gasteiger partial charge >= 0.3 is 0 Å². The average molecular weight is 288 g/mol. The maximum atomic E-state index is 12.3. The number of hydrogen-bond acceptors (Lipinski definition) is 4. The lowest BCUT2D eigenvalue weighted by molar-refractivity contribution is -0.128. The predicted octanol–water partition coefficient (Wildman–Crippen LogP) is 2.11. The molecule has 1 aromatic heterocycles. The normalized spacial score (nSPS) is 24.4. The van der Waals surface area contributed by atoms with Crippen molar-refractivity contribution >= 4 is 18.3 Å². The first-order valence-electron chi connectivity index (χ1n) is 6.49. The van der Waals surface area contributed by atoms with Crippen molar-refractivity contribution in [2.75, 3.05) is 6.54 Å². The zero-order valence-electron chi connectivity index (χ0n) is 11.7. The van der Waals surface area contributed by atoms with Crippen LogP contribution in [0.15, 0.2) is 10.6 Å². The topological polar surface area (TPSA) is 67.2 Å². The summed E-state index contributed by atoms with van der Waals surface area (Å²) in [5.74, 6) is 1.33. The maximum absolute atomic E-state index is 12.3. The smallest absolute Gasteiger partial charge is 0.240 e. The third-order valence-electron chi connectivity index (χ3n) is 3.48. The van der Waals surface area contributed by atoms with Crippen molar-refractivity contribution in [3.8, 4) is 0 Å². The number of carbonyl (C=O) groups is 1. The number of nitrogens with zero attached hydrogens (tertiary/aromatic N) is 1. The van der Waals surface area contributed by atoms with Crippen LogP contribution in [0.2, 0.25) is 0 Å². The van der Waals surface area contributed by atoms with Gasteiger partial charge in [-0.1, -0.05) is 0 Å². The summed E-state index contributed by atoms with van der Waals surface area (Å²) in [6.07, 6.45) is 4.76. The van der Waals surface area contributed by atoms with Crippen molar-refractivity contribution < 1.29 is 9.21 Å². The van der Waals surface area contributed by atoms with Gasteiger partial charge in [-0.15, -0.1) is 12.4 Å². The SMILES string of the molecule is Cc1cnc(C(C)NC(=O)C2(C)CCCCN2)o1.Cl. The van der Waals surface area contributed by atoms with Gasteiger partial charge in [0.1, 0.15) is 11.8 Å². The molecule has 1 amide bonds. The summed E-state index contributed by atoms with van der Waals surface area (Å²) >= 11 is 0. The molecule has 2 atom stereocenters. The Kier molecular flexibility index (Phi) is 5.38. The number of piperidine rings is 1. The lowest BCUT2D eigenvalue weighted by Gasteiger charge is -2.34. The van der Waals surface area contributed by atoms with Crippen molar-refractivity contribution in [2.45, 2.75) is 51.6 Å². The molecule has 1 aromatic rings. The lowest BCUT2D eigenvalue weighted by Crippen LogP contribution is -2.57. The summed E-state index contributed by atoms with van der Waals surface area (Å²) in [6, 6.07) is -0.202. The maximum Gasteiger partial charge on any atom is 0.240 e. The van der Waals surface area contributed by atoms with Crippen LogP contribution in [0.5, 0.6) is 0 Å². The van der Waals surface area contributed by atoms with E-state index in [0.717, 1.165) is 31.6 Å². The lowest BCUT2D eigenvalue weighted by atomic mass is 9.90. The number of nitrogens with one attached hydrogen (secondary N) is 2. The van der Waals surface area contributed by atoms with Crippen LogP contribution in [0.1, 0.15) is 50.8 Å². The van der Waals surface area contributed by atoms with E-state index in [0.29, 0.717) is 5.89 Å². The van der Waals surface area contributed by atoms with Gasteiger partial charge in [-0.25, -0.2) is 4.98 Å². The zero-order chi connectivity index (χ0) is 13.2. The summed E-state index contributed by atoms with van der Waals surface area (Å²) in [7, 11) is 0. The average Bonchev–Trinajstić information content (AvgIpc) is 2.77. The Hall–Kier alpha value is -1.07. The standard InChI is InChI=1S/C13H21N3O2.ClH/c1-9-8-14-11(18-9)10(2)16-12(17)13(3)6-4-5-7-15-13;/h8,10,15H,4-7H2,1-3H3,(H,16,17);1H. The molecule has 0 spiro atoms. The van der Waals surface area contributed by atoms with E-state index in [2.05, 4.69) is 15.6 Å². The summed E-state index contributed by atoms with van der Waals surface area (Å²) in [5, 5.41) is 6.26. The molecular formula is C13H22ClN3O2.